The maximum Gasteiger partial charge on any atom is 0.191 e. The first-order valence-corrected chi connectivity index (χ1v) is 8.12. The van der Waals surface area contributed by atoms with Gasteiger partial charge in [-0.3, -0.25) is 9.89 Å². The smallest absolute Gasteiger partial charge is 0.191 e. The molecule has 0 amide bonds. The van der Waals surface area contributed by atoms with Crippen LogP contribution in [0.15, 0.2) is 4.99 Å². The first-order chi connectivity index (χ1) is 9.68. The van der Waals surface area contributed by atoms with Crippen molar-refractivity contribution in [3.05, 3.63) is 0 Å². The molecule has 2 aliphatic carbocycles. The van der Waals surface area contributed by atoms with Gasteiger partial charge in [-0.1, -0.05) is 12.8 Å². The summed E-state index contributed by atoms with van der Waals surface area (Å²) in [6.07, 6.45) is 8.07. The van der Waals surface area contributed by atoms with Crippen molar-refractivity contribution in [2.75, 3.05) is 26.7 Å². The highest BCUT2D eigenvalue weighted by molar-refractivity contribution is 5.80. The standard InChI is InChI=1S/C15H28N4O/c1-16-14(17-11-15(20)7-2-3-8-15)18-12-6-9-19(10-12)13-4-5-13/h12-13,20H,2-11H2,1H3,(H2,16,17,18). The summed E-state index contributed by atoms with van der Waals surface area (Å²) in [6.45, 7) is 2.96. The Hall–Kier alpha value is -0.810. The lowest BCUT2D eigenvalue weighted by Crippen LogP contribution is -2.49. The summed E-state index contributed by atoms with van der Waals surface area (Å²) in [5, 5.41) is 17.2. The van der Waals surface area contributed by atoms with Crippen LogP contribution in [0.3, 0.4) is 0 Å². The van der Waals surface area contributed by atoms with Crippen LogP contribution in [-0.4, -0.2) is 60.3 Å². The molecule has 0 aromatic rings. The van der Waals surface area contributed by atoms with Gasteiger partial charge in [-0.25, -0.2) is 0 Å². The lowest BCUT2D eigenvalue weighted by atomic mass is 10.0. The number of hydrogen-bond acceptors (Lipinski definition) is 3. The molecule has 114 valence electrons. The van der Waals surface area contributed by atoms with Crippen molar-refractivity contribution in [1.29, 1.82) is 0 Å². The van der Waals surface area contributed by atoms with Gasteiger partial charge in [0, 0.05) is 38.8 Å². The van der Waals surface area contributed by atoms with E-state index in [0.717, 1.165) is 44.2 Å². The van der Waals surface area contributed by atoms with Crippen LogP contribution in [0, 0.1) is 0 Å². The summed E-state index contributed by atoms with van der Waals surface area (Å²) < 4.78 is 0. The molecule has 1 aliphatic heterocycles. The van der Waals surface area contributed by atoms with E-state index >= 15 is 0 Å². The molecule has 3 aliphatic rings. The number of aliphatic hydroxyl groups is 1. The summed E-state index contributed by atoms with van der Waals surface area (Å²) >= 11 is 0. The van der Waals surface area contributed by atoms with E-state index in [0.29, 0.717) is 12.6 Å². The third kappa shape index (κ3) is 3.44. The Labute approximate surface area is 121 Å². The van der Waals surface area contributed by atoms with E-state index in [4.69, 9.17) is 0 Å². The Morgan fingerprint density at radius 3 is 2.70 bits per heavy atom. The van der Waals surface area contributed by atoms with Gasteiger partial charge in [0.1, 0.15) is 0 Å². The highest BCUT2D eigenvalue weighted by Gasteiger charge is 2.35. The molecule has 0 radical (unpaired) electrons. The third-order valence-corrected chi connectivity index (χ3v) is 4.97. The lowest BCUT2D eigenvalue weighted by Gasteiger charge is -2.25. The Bertz CT molecular complexity index is 361. The van der Waals surface area contributed by atoms with Gasteiger partial charge in [0.15, 0.2) is 5.96 Å². The fourth-order valence-electron chi connectivity index (χ4n) is 3.52. The van der Waals surface area contributed by atoms with Gasteiger partial charge in [0.25, 0.3) is 0 Å². The number of aliphatic imine (C=N–C) groups is 1. The van der Waals surface area contributed by atoms with E-state index in [1.807, 2.05) is 7.05 Å². The maximum absolute atomic E-state index is 10.4. The molecule has 3 fully saturated rings. The van der Waals surface area contributed by atoms with Gasteiger partial charge in [-0.15, -0.1) is 0 Å². The average Bonchev–Trinajstić information content (AvgIpc) is 3.04. The number of nitrogens with zero attached hydrogens (tertiary/aromatic N) is 2. The fourth-order valence-corrected chi connectivity index (χ4v) is 3.52. The molecule has 20 heavy (non-hydrogen) atoms. The zero-order valence-electron chi connectivity index (χ0n) is 12.6. The number of rotatable bonds is 4. The summed E-state index contributed by atoms with van der Waals surface area (Å²) in [7, 11) is 1.81. The van der Waals surface area contributed by atoms with Crippen molar-refractivity contribution in [2.45, 2.75) is 62.6 Å². The number of guanidine groups is 1. The topological polar surface area (TPSA) is 59.9 Å². The Morgan fingerprint density at radius 2 is 2.05 bits per heavy atom. The average molecular weight is 280 g/mol. The normalized spacial score (nSPS) is 30.7. The molecule has 1 atom stereocenters. The van der Waals surface area contributed by atoms with Crippen LogP contribution in [-0.2, 0) is 0 Å². The second kappa shape index (κ2) is 5.90. The van der Waals surface area contributed by atoms with E-state index in [9.17, 15) is 5.11 Å². The summed E-state index contributed by atoms with van der Waals surface area (Å²) in [6, 6.07) is 1.36. The molecule has 5 heteroatoms. The van der Waals surface area contributed by atoms with Crippen LogP contribution in [0.4, 0.5) is 0 Å². The minimum absolute atomic E-state index is 0.500. The second-order valence-electron chi connectivity index (χ2n) is 6.71. The maximum atomic E-state index is 10.4. The van der Waals surface area contributed by atoms with Crippen LogP contribution >= 0.6 is 0 Å². The monoisotopic (exact) mass is 280 g/mol. The van der Waals surface area contributed by atoms with Gasteiger partial charge in [-0.05, 0) is 32.1 Å². The summed E-state index contributed by atoms with van der Waals surface area (Å²) in [5.41, 5.74) is -0.520. The van der Waals surface area contributed by atoms with Gasteiger partial charge in [-0.2, -0.15) is 0 Å². The van der Waals surface area contributed by atoms with Gasteiger partial charge in [0.2, 0.25) is 0 Å². The Morgan fingerprint density at radius 1 is 1.30 bits per heavy atom. The zero-order valence-corrected chi connectivity index (χ0v) is 12.6. The van der Waals surface area contributed by atoms with Crippen molar-refractivity contribution in [2.24, 2.45) is 4.99 Å². The van der Waals surface area contributed by atoms with E-state index in [1.165, 1.54) is 25.8 Å². The predicted octanol–water partition coefficient (Wildman–Crippen LogP) is 0.693. The molecule has 3 N–H and O–H groups in total. The lowest BCUT2D eigenvalue weighted by molar-refractivity contribution is 0.0521. The van der Waals surface area contributed by atoms with Crippen molar-refractivity contribution in [1.82, 2.24) is 15.5 Å². The molecule has 0 spiro atoms. The van der Waals surface area contributed by atoms with Crippen molar-refractivity contribution >= 4 is 5.96 Å². The van der Waals surface area contributed by atoms with E-state index in [-0.39, 0.29) is 0 Å². The van der Waals surface area contributed by atoms with E-state index in [2.05, 4.69) is 20.5 Å². The van der Waals surface area contributed by atoms with Gasteiger partial charge < -0.3 is 15.7 Å². The third-order valence-electron chi connectivity index (χ3n) is 4.97. The second-order valence-corrected chi connectivity index (χ2v) is 6.71. The number of hydrogen-bond donors (Lipinski definition) is 3. The predicted molar refractivity (Wildman–Crippen MR) is 80.9 cm³/mol. The first-order valence-electron chi connectivity index (χ1n) is 8.12. The van der Waals surface area contributed by atoms with Crippen molar-refractivity contribution in [3.63, 3.8) is 0 Å². The Kier molecular flexibility index (Phi) is 4.17. The largest absolute Gasteiger partial charge is 0.388 e. The molecular formula is C15H28N4O. The van der Waals surface area contributed by atoms with Crippen molar-refractivity contribution < 1.29 is 5.11 Å². The SMILES string of the molecule is CN=C(NCC1(O)CCCC1)NC1CCN(C2CC2)C1. The molecular weight excluding hydrogens is 252 g/mol. The summed E-state index contributed by atoms with van der Waals surface area (Å²) in [4.78, 5) is 6.89. The zero-order chi connectivity index (χ0) is 14.0. The minimum Gasteiger partial charge on any atom is -0.388 e. The first kappa shape index (κ1) is 14.1. The van der Waals surface area contributed by atoms with Crippen LogP contribution in [0.1, 0.15) is 44.9 Å². The highest BCUT2D eigenvalue weighted by atomic mass is 16.3. The molecule has 0 aromatic carbocycles. The molecule has 3 rings (SSSR count). The molecule has 1 saturated heterocycles. The van der Waals surface area contributed by atoms with Gasteiger partial charge >= 0.3 is 0 Å². The summed E-state index contributed by atoms with van der Waals surface area (Å²) in [5.74, 6) is 0.841. The van der Waals surface area contributed by atoms with Crippen LogP contribution in [0.2, 0.25) is 0 Å². The molecule has 1 unspecified atom stereocenters. The molecule has 1 heterocycles. The van der Waals surface area contributed by atoms with Crippen LogP contribution < -0.4 is 10.6 Å². The quantitative estimate of drug-likeness (QED) is 0.524. The van der Waals surface area contributed by atoms with Crippen LogP contribution in [0.5, 0.6) is 0 Å². The number of nitrogens with one attached hydrogen (secondary N) is 2. The Balaban J connectivity index is 1.43. The molecule has 0 bridgehead atoms. The van der Waals surface area contributed by atoms with E-state index < -0.39 is 5.60 Å². The molecule has 0 aromatic heterocycles. The molecule has 2 saturated carbocycles. The number of likely N-dealkylation sites (tertiary alicyclic amines) is 1. The van der Waals surface area contributed by atoms with Crippen molar-refractivity contribution in [3.8, 4) is 0 Å². The minimum atomic E-state index is -0.520. The fraction of sp³-hybridized carbons (Fsp3) is 0.933. The van der Waals surface area contributed by atoms with Gasteiger partial charge in [0.05, 0.1) is 5.60 Å². The molecule has 5 nitrogen and oxygen atoms in total. The highest BCUT2D eigenvalue weighted by Crippen LogP contribution is 2.30. The van der Waals surface area contributed by atoms with Crippen LogP contribution in [0.25, 0.3) is 0 Å². The van der Waals surface area contributed by atoms with E-state index in [1.54, 1.807) is 0 Å².